The lowest BCUT2D eigenvalue weighted by atomic mass is 10.2. The Morgan fingerprint density at radius 1 is 0.419 bits per heavy atom. The lowest BCUT2D eigenvalue weighted by Crippen LogP contribution is -2.20. The lowest BCUT2D eigenvalue weighted by Gasteiger charge is -2.06. The van der Waals surface area contributed by atoms with Crippen LogP contribution in [0.25, 0.3) is 63.6 Å². The second-order valence-corrected chi connectivity index (χ2v) is 21.4. The Hall–Kier alpha value is -10.6. The van der Waals surface area contributed by atoms with Crippen molar-refractivity contribution in [2.24, 2.45) is 0 Å². The van der Waals surface area contributed by atoms with Gasteiger partial charge in [0.05, 0.1) is 65.6 Å². The van der Waals surface area contributed by atoms with Crippen LogP contribution in [0.15, 0.2) is 174 Å². The molecule has 0 spiro atoms. The van der Waals surface area contributed by atoms with Gasteiger partial charge in [-0.15, -0.1) is 0 Å². The number of thiazole rings is 3. The number of carboxylic acid groups (broad SMARTS) is 2. The van der Waals surface area contributed by atoms with Gasteiger partial charge in [-0.2, -0.15) is 0 Å². The number of amides is 3. The van der Waals surface area contributed by atoms with Crippen LogP contribution in [-0.2, 0) is 24.0 Å². The van der Waals surface area contributed by atoms with Gasteiger partial charge in [0.2, 0.25) is 0 Å². The van der Waals surface area contributed by atoms with Crippen molar-refractivity contribution < 1.29 is 61.6 Å². The Morgan fingerprint density at radius 3 is 0.953 bits per heavy atom. The van der Waals surface area contributed by atoms with E-state index in [1.807, 2.05) is 75.4 Å². The molecule has 22 nitrogen and oxygen atoms in total. The predicted molar refractivity (Wildman–Crippen MR) is 330 cm³/mol. The first kappa shape index (κ1) is 61.4. The monoisotopic (exact) mass is 1220 g/mol. The number of carboxylic acids is 2. The highest BCUT2D eigenvalue weighted by atomic mass is 32.1. The molecule has 3 amide bonds. The summed E-state index contributed by atoms with van der Waals surface area (Å²) < 4.78 is 35.4. The third-order valence-electron chi connectivity index (χ3n) is 11.4. The average Bonchev–Trinajstić information content (AvgIpc) is 3.92. The quantitative estimate of drug-likeness (QED) is 0.0759. The molecule has 12 rings (SSSR count). The standard InChI is InChI=1S/3C19H14N2O4S.2C2H4O2/c3*1-11-2-5-14-17(8-11)26-19(20-14)21-18(23)10-25-12-3-4-13-15(22)6-7-24-16(13)9-12;2*1-2(3)4/h3*2-9H,10H2,1H3,(H,20,21,23);2*1H3,(H,3,4). The molecule has 5 N–H and O–H groups in total. The molecule has 12 aromatic rings. The Bertz CT molecular complexity index is 4200. The molecule has 86 heavy (non-hydrogen) atoms. The number of carbonyl (C=O) groups excluding carboxylic acids is 3. The second-order valence-electron chi connectivity index (χ2n) is 18.3. The van der Waals surface area contributed by atoms with E-state index in [0.29, 0.717) is 65.6 Å². The van der Waals surface area contributed by atoms with Gasteiger partial charge in [-0.25, -0.2) is 15.0 Å². The number of ether oxygens (including phenoxy) is 3. The minimum atomic E-state index is -0.833. The van der Waals surface area contributed by atoms with Crippen molar-refractivity contribution in [3.63, 3.8) is 0 Å². The van der Waals surface area contributed by atoms with Crippen molar-refractivity contribution in [1.82, 2.24) is 15.0 Å². The van der Waals surface area contributed by atoms with Crippen molar-refractivity contribution in [3.05, 3.63) is 194 Å². The molecule has 6 heterocycles. The maximum Gasteiger partial charge on any atom is 0.300 e. The van der Waals surface area contributed by atoms with Gasteiger partial charge in [0.1, 0.15) is 34.0 Å². The number of hydrogen-bond acceptors (Lipinski definition) is 20. The fourth-order valence-corrected chi connectivity index (χ4v) is 10.6. The van der Waals surface area contributed by atoms with E-state index in [1.165, 1.54) is 71.0 Å². The van der Waals surface area contributed by atoms with E-state index in [1.54, 1.807) is 54.6 Å². The van der Waals surface area contributed by atoms with E-state index in [9.17, 15) is 28.8 Å². The minimum absolute atomic E-state index is 0.124. The third kappa shape index (κ3) is 17.5. The average molecular weight is 1220 g/mol. The maximum atomic E-state index is 12.1. The Labute approximate surface area is 497 Å². The number of hydrogen-bond donors (Lipinski definition) is 5. The van der Waals surface area contributed by atoms with E-state index in [-0.39, 0.29) is 53.8 Å². The van der Waals surface area contributed by atoms with E-state index in [2.05, 4.69) is 30.9 Å². The molecule has 0 saturated carbocycles. The van der Waals surface area contributed by atoms with Gasteiger partial charge in [0.25, 0.3) is 29.7 Å². The van der Waals surface area contributed by atoms with Crippen molar-refractivity contribution in [2.75, 3.05) is 35.8 Å². The van der Waals surface area contributed by atoms with E-state index < -0.39 is 11.9 Å². The fourth-order valence-electron chi connectivity index (χ4n) is 7.63. The highest BCUT2D eigenvalue weighted by molar-refractivity contribution is 7.23. The first-order valence-electron chi connectivity index (χ1n) is 25.5. The largest absolute Gasteiger partial charge is 0.484 e. The van der Waals surface area contributed by atoms with Crippen LogP contribution in [0.2, 0.25) is 0 Å². The van der Waals surface area contributed by atoms with Crippen molar-refractivity contribution in [2.45, 2.75) is 34.6 Å². The van der Waals surface area contributed by atoms with Gasteiger partial charge >= 0.3 is 0 Å². The molecule has 0 aliphatic carbocycles. The lowest BCUT2D eigenvalue weighted by molar-refractivity contribution is -0.135. The maximum absolute atomic E-state index is 12.1. The number of anilines is 3. The number of nitrogens with zero attached hydrogens (tertiary/aromatic N) is 3. The van der Waals surface area contributed by atoms with Crippen LogP contribution >= 0.6 is 34.0 Å². The first-order valence-corrected chi connectivity index (χ1v) is 28.0. The molecule has 0 fully saturated rings. The Kier molecular flexibility index (Phi) is 20.4. The van der Waals surface area contributed by atoms with Crippen LogP contribution in [0.3, 0.4) is 0 Å². The van der Waals surface area contributed by atoms with E-state index in [4.69, 9.17) is 47.3 Å². The molecule has 0 bridgehead atoms. The van der Waals surface area contributed by atoms with E-state index in [0.717, 1.165) is 61.2 Å². The molecule has 25 heteroatoms. The van der Waals surface area contributed by atoms with Gasteiger partial charge in [-0.3, -0.25) is 54.3 Å². The zero-order valence-electron chi connectivity index (χ0n) is 46.2. The normalized spacial score (nSPS) is 10.5. The zero-order valence-corrected chi connectivity index (χ0v) is 48.6. The fraction of sp³-hybridized carbons (Fsp3) is 0.131. The summed E-state index contributed by atoms with van der Waals surface area (Å²) >= 11 is 4.25. The summed E-state index contributed by atoms with van der Waals surface area (Å²) in [5, 5.41) is 26.0. The summed E-state index contributed by atoms with van der Waals surface area (Å²) in [6.07, 6.45) is 3.99. The number of benzene rings is 6. The number of aliphatic carboxylic acids is 2. The molecule has 0 radical (unpaired) electrons. The number of fused-ring (bicyclic) bond motifs is 6. The first-order chi connectivity index (χ1) is 41.2. The van der Waals surface area contributed by atoms with Crippen LogP contribution in [0, 0.1) is 20.8 Å². The highest BCUT2D eigenvalue weighted by Gasteiger charge is 2.14. The summed E-state index contributed by atoms with van der Waals surface area (Å²) in [5.41, 5.74) is 6.85. The van der Waals surface area contributed by atoms with Gasteiger partial charge < -0.3 is 37.7 Å². The van der Waals surface area contributed by atoms with Crippen LogP contribution in [0.4, 0.5) is 15.4 Å². The van der Waals surface area contributed by atoms with Crippen LogP contribution in [-0.4, -0.2) is 74.6 Å². The Morgan fingerprint density at radius 2 is 0.686 bits per heavy atom. The van der Waals surface area contributed by atoms with Gasteiger partial charge in [0.15, 0.2) is 51.5 Å². The molecule has 0 unspecified atom stereocenters. The molecule has 0 aliphatic rings. The SMILES string of the molecule is CC(=O)O.CC(=O)O.Cc1ccc2nc(NC(=O)COc3ccc4c(=O)ccoc4c3)sc2c1.Cc1ccc2nc(NC(=O)COc3ccc4c(=O)ccoc4c3)sc2c1.Cc1ccc2nc(NC(=O)COc3ccc4c(=O)ccoc4c3)sc2c1. The molecular formula is C61H50N6O16S3. The number of aromatic nitrogens is 3. The molecule has 0 saturated heterocycles. The van der Waals surface area contributed by atoms with Crippen molar-refractivity contribution in [3.8, 4) is 17.2 Å². The topological polar surface area (TPSA) is 319 Å². The second kappa shape index (κ2) is 28.6. The smallest absolute Gasteiger partial charge is 0.300 e. The predicted octanol–water partition coefficient (Wildman–Crippen LogP) is 11.4. The van der Waals surface area contributed by atoms with Gasteiger partial charge in [0, 0.05) is 50.2 Å². The van der Waals surface area contributed by atoms with Crippen molar-refractivity contribution >= 4 is 143 Å². The molecule has 438 valence electrons. The summed E-state index contributed by atoms with van der Waals surface area (Å²) in [4.78, 5) is 103. The van der Waals surface area contributed by atoms with E-state index >= 15 is 0 Å². The summed E-state index contributed by atoms with van der Waals surface area (Å²) in [6, 6.07) is 36.4. The third-order valence-corrected chi connectivity index (χ3v) is 14.2. The highest BCUT2D eigenvalue weighted by Crippen LogP contribution is 2.30. The number of nitrogens with one attached hydrogen (secondary N) is 3. The van der Waals surface area contributed by atoms with Crippen LogP contribution in [0.1, 0.15) is 30.5 Å². The van der Waals surface area contributed by atoms with Crippen LogP contribution < -0.4 is 46.4 Å². The summed E-state index contributed by atoms with van der Waals surface area (Å²) in [6.45, 7) is 7.69. The van der Waals surface area contributed by atoms with Crippen LogP contribution in [0.5, 0.6) is 17.2 Å². The summed E-state index contributed by atoms with van der Waals surface area (Å²) in [5.74, 6) is -1.26. The molecule has 0 atom stereocenters. The van der Waals surface area contributed by atoms with Gasteiger partial charge in [-0.1, -0.05) is 52.2 Å². The molecule has 6 aromatic carbocycles. The van der Waals surface area contributed by atoms with Crippen molar-refractivity contribution in [1.29, 1.82) is 0 Å². The number of rotatable bonds is 12. The zero-order chi connectivity index (χ0) is 61.4. The number of aryl methyl sites for hydroxylation is 3. The summed E-state index contributed by atoms with van der Waals surface area (Å²) in [7, 11) is 0. The number of carbonyl (C=O) groups is 5. The van der Waals surface area contributed by atoms with Gasteiger partial charge in [-0.05, 0) is 110 Å². The molecule has 0 aliphatic heterocycles. The molecule has 6 aromatic heterocycles. The molecular weight excluding hydrogens is 1170 g/mol. The minimum Gasteiger partial charge on any atom is -0.484 e. The Balaban J connectivity index is 0.000000157.